The first-order chi connectivity index (χ1) is 21.6. The molecule has 0 spiro atoms. The predicted molar refractivity (Wildman–Crippen MR) is 176 cm³/mol. The highest BCUT2D eigenvalue weighted by atomic mass is 16.5. The van der Waals surface area contributed by atoms with E-state index in [9.17, 15) is 14.7 Å². The van der Waals surface area contributed by atoms with Crippen LogP contribution in [0.15, 0.2) is 70.7 Å². The summed E-state index contributed by atoms with van der Waals surface area (Å²) in [6, 6.07) is 18.4. The number of rotatable bonds is 10. The van der Waals surface area contributed by atoms with E-state index < -0.39 is 5.60 Å². The van der Waals surface area contributed by atoms with E-state index in [0.717, 1.165) is 77.7 Å². The van der Waals surface area contributed by atoms with E-state index >= 15 is 0 Å². The lowest BCUT2D eigenvalue weighted by Gasteiger charge is -2.32. The highest BCUT2D eigenvalue weighted by molar-refractivity contribution is 6.16. The molecule has 2 aromatic heterocycles. The SMILES string of the molecule is CCCc1c(C(C)c2ccc(-c3ccccc3)c(C3=NNC(=O)C3)c2)c(=O)n(C2CCC(OCC(C)(C)O)CC2)c2ccnn12. The van der Waals surface area contributed by atoms with Crippen LogP contribution in [0.1, 0.15) is 101 Å². The summed E-state index contributed by atoms with van der Waals surface area (Å²) in [5.41, 5.74) is 8.92. The second-order valence-corrected chi connectivity index (χ2v) is 13.1. The molecule has 1 aliphatic carbocycles. The molecule has 6 rings (SSSR count). The number of nitrogens with one attached hydrogen (secondary N) is 1. The van der Waals surface area contributed by atoms with E-state index in [1.54, 1.807) is 20.0 Å². The molecule has 45 heavy (non-hydrogen) atoms. The smallest absolute Gasteiger partial charge is 0.258 e. The topological polar surface area (TPSA) is 110 Å². The van der Waals surface area contributed by atoms with Crippen LogP contribution in [0.5, 0.6) is 0 Å². The van der Waals surface area contributed by atoms with Gasteiger partial charge in [0.1, 0.15) is 5.65 Å². The van der Waals surface area contributed by atoms with Crippen LogP contribution in [0.2, 0.25) is 0 Å². The van der Waals surface area contributed by atoms with Crippen molar-refractivity contribution in [2.24, 2.45) is 5.10 Å². The number of aliphatic hydroxyl groups is 1. The second kappa shape index (κ2) is 12.7. The molecule has 2 N–H and O–H groups in total. The van der Waals surface area contributed by atoms with Gasteiger partial charge in [0.2, 0.25) is 5.91 Å². The third-order valence-electron chi connectivity index (χ3n) is 9.07. The van der Waals surface area contributed by atoms with Gasteiger partial charge in [-0.3, -0.25) is 14.2 Å². The molecule has 0 radical (unpaired) electrons. The Morgan fingerprint density at radius 2 is 1.80 bits per heavy atom. The van der Waals surface area contributed by atoms with Crippen LogP contribution in [0, 0.1) is 0 Å². The molecule has 4 aromatic rings. The van der Waals surface area contributed by atoms with Gasteiger partial charge in [-0.2, -0.15) is 10.2 Å². The first kappa shape index (κ1) is 30.9. The summed E-state index contributed by atoms with van der Waals surface area (Å²) < 4.78 is 9.95. The molecule has 3 heterocycles. The number of fused-ring (bicyclic) bond motifs is 1. The Labute approximate surface area is 263 Å². The zero-order chi connectivity index (χ0) is 31.7. The maximum absolute atomic E-state index is 14.7. The van der Waals surface area contributed by atoms with Crippen LogP contribution < -0.4 is 11.0 Å². The lowest BCUT2D eigenvalue weighted by molar-refractivity contribution is -0.119. The number of aryl methyl sites for hydroxylation is 1. The van der Waals surface area contributed by atoms with E-state index in [0.29, 0.717) is 12.3 Å². The molecule has 1 saturated carbocycles. The maximum Gasteiger partial charge on any atom is 0.258 e. The standard InChI is InChI=1S/C36H43N5O4/c1-5-9-31-34(23(2)25-12-17-28(24-10-7-6-8-11-24)29(20-25)30-21-32(42)39-38-30)35(43)40(33-18-19-37-41(31)33)26-13-15-27(16-14-26)45-22-36(3,4)44/h6-8,10-12,17-20,23,26-27,44H,5,9,13-16,21-22H2,1-4H3,(H,39,42). The number of carbonyl (C=O) groups excluding carboxylic acids is 1. The van der Waals surface area contributed by atoms with Gasteiger partial charge in [-0.15, -0.1) is 0 Å². The molecular weight excluding hydrogens is 566 g/mol. The minimum absolute atomic E-state index is 0.0289. The zero-order valence-electron chi connectivity index (χ0n) is 26.6. The van der Waals surface area contributed by atoms with Crippen molar-refractivity contribution in [1.82, 2.24) is 19.6 Å². The van der Waals surface area contributed by atoms with E-state index in [1.807, 2.05) is 33.3 Å². The summed E-state index contributed by atoms with van der Waals surface area (Å²) in [7, 11) is 0. The molecule has 0 saturated heterocycles. The molecule has 0 bridgehead atoms. The van der Waals surface area contributed by atoms with Gasteiger partial charge in [-0.1, -0.05) is 62.7 Å². The fourth-order valence-electron chi connectivity index (χ4n) is 6.84. The zero-order valence-corrected chi connectivity index (χ0v) is 26.6. The van der Waals surface area contributed by atoms with Crippen LogP contribution in [-0.4, -0.2) is 49.2 Å². The highest BCUT2D eigenvalue weighted by Crippen LogP contribution is 2.35. The Kier molecular flexibility index (Phi) is 8.75. The predicted octanol–water partition coefficient (Wildman–Crippen LogP) is 5.76. The number of amides is 1. The van der Waals surface area contributed by atoms with Crippen molar-refractivity contribution in [3.8, 4) is 11.1 Å². The number of carbonyl (C=O) groups is 1. The van der Waals surface area contributed by atoms with Crippen molar-refractivity contribution in [1.29, 1.82) is 0 Å². The third kappa shape index (κ3) is 6.37. The Balaban J connectivity index is 1.41. The van der Waals surface area contributed by atoms with Gasteiger partial charge < -0.3 is 9.84 Å². The number of aromatic nitrogens is 3. The van der Waals surface area contributed by atoms with E-state index in [-0.39, 0.29) is 36.0 Å². The number of hydrogen-bond donors (Lipinski definition) is 2. The first-order valence-corrected chi connectivity index (χ1v) is 16.1. The largest absolute Gasteiger partial charge is 0.388 e. The van der Waals surface area contributed by atoms with Gasteiger partial charge in [0.25, 0.3) is 5.56 Å². The minimum atomic E-state index is -0.868. The van der Waals surface area contributed by atoms with Crippen LogP contribution in [-0.2, 0) is 16.0 Å². The summed E-state index contributed by atoms with van der Waals surface area (Å²) >= 11 is 0. The van der Waals surface area contributed by atoms with Gasteiger partial charge in [-0.05, 0) is 68.7 Å². The molecule has 1 atom stereocenters. The van der Waals surface area contributed by atoms with Gasteiger partial charge in [-0.25, -0.2) is 9.94 Å². The summed E-state index contributed by atoms with van der Waals surface area (Å²) in [6.45, 7) is 8.03. The Morgan fingerprint density at radius 1 is 1.04 bits per heavy atom. The van der Waals surface area contributed by atoms with Crippen molar-refractivity contribution < 1.29 is 14.6 Å². The molecular formula is C36H43N5O4. The Morgan fingerprint density at radius 3 is 2.47 bits per heavy atom. The number of nitrogens with zero attached hydrogens (tertiary/aromatic N) is 4. The summed E-state index contributed by atoms with van der Waals surface area (Å²) in [4.78, 5) is 26.8. The molecule has 1 unspecified atom stereocenters. The molecule has 2 aliphatic rings. The molecule has 1 fully saturated rings. The van der Waals surface area contributed by atoms with Crippen LogP contribution in [0.4, 0.5) is 0 Å². The van der Waals surface area contributed by atoms with E-state index in [2.05, 4.69) is 54.7 Å². The summed E-state index contributed by atoms with van der Waals surface area (Å²) in [6.07, 6.45) is 6.96. The lowest BCUT2D eigenvalue weighted by Crippen LogP contribution is -2.36. The van der Waals surface area contributed by atoms with Crippen molar-refractivity contribution in [2.75, 3.05) is 6.61 Å². The van der Waals surface area contributed by atoms with Crippen molar-refractivity contribution >= 4 is 17.3 Å². The average molecular weight is 610 g/mol. The fraction of sp³-hybridized carbons (Fsp3) is 0.444. The van der Waals surface area contributed by atoms with Gasteiger partial charge in [0.15, 0.2) is 0 Å². The van der Waals surface area contributed by atoms with Gasteiger partial charge in [0, 0.05) is 29.2 Å². The van der Waals surface area contributed by atoms with Crippen molar-refractivity contribution in [3.05, 3.63) is 93.5 Å². The lowest BCUT2D eigenvalue weighted by atomic mass is 9.86. The van der Waals surface area contributed by atoms with E-state index in [1.165, 1.54) is 0 Å². The van der Waals surface area contributed by atoms with Crippen molar-refractivity contribution in [2.45, 2.75) is 96.3 Å². The normalized spacial score (nSPS) is 19.5. The highest BCUT2D eigenvalue weighted by Gasteiger charge is 2.30. The average Bonchev–Trinajstić information content (AvgIpc) is 3.70. The monoisotopic (exact) mass is 609 g/mol. The van der Waals surface area contributed by atoms with E-state index in [4.69, 9.17) is 9.84 Å². The Hall–Kier alpha value is -4.08. The fourth-order valence-corrected chi connectivity index (χ4v) is 6.84. The van der Waals surface area contributed by atoms with Gasteiger partial charge >= 0.3 is 0 Å². The summed E-state index contributed by atoms with van der Waals surface area (Å²) in [5.74, 6) is -0.348. The number of ether oxygens (including phenoxy) is 1. The quantitative estimate of drug-likeness (QED) is 0.238. The number of hydrazone groups is 1. The molecule has 1 aliphatic heterocycles. The molecule has 9 heteroatoms. The maximum atomic E-state index is 14.7. The van der Waals surface area contributed by atoms with Gasteiger partial charge in [0.05, 0.1) is 42.3 Å². The number of hydrogen-bond acceptors (Lipinski definition) is 6. The summed E-state index contributed by atoms with van der Waals surface area (Å²) in [5, 5.41) is 19.2. The van der Waals surface area contributed by atoms with Crippen molar-refractivity contribution in [3.63, 3.8) is 0 Å². The van der Waals surface area contributed by atoms with Crippen LogP contribution >= 0.6 is 0 Å². The molecule has 1 amide bonds. The first-order valence-electron chi connectivity index (χ1n) is 16.1. The molecule has 2 aromatic carbocycles. The minimum Gasteiger partial charge on any atom is -0.388 e. The third-order valence-corrected chi connectivity index (χ3v) is 9.07. The van der Waals surface area contributed by atoms with Crippen LogP contribution in [0.25, 0.3) is 16.8 Å². The van der Waals surface area contributed by atoms with Crippen LogP contribution in [0.3, 0.4) is 0 Å². The Bertz CT molecular complexity index is 1770. The molecule has 9 nitrogen and oxygen atoms in total. The molecule has 236 valence electrons. The second-order valence-electron chi connectivity index (χ2n) is 13.1. The number of benzene rings is 2.